The molecule has 0 fully saturated rings. The molecule has 3 aromatic rings. The van der Waals surface area contributed by atoms with E-state index in [1.807, 2.05) is 16.3 Å². The predicted molar refractivity (Wildman–Crippen MR) is 114 cm³/mol. The molecule has 1 aliphatic heterocycles. The average Bonchev–Trinajstić information content (AvgIpc) is 3.27. The lowest BCUT2D eigenvalue weighted by Crippen LogP contribution is -2.30. The number of halogens is 1. The van der Waals surface area contributed by atoms with E-state index in [1.165, 1.54) is 36.4 Å². The zero-order valence-electron chi connectivity index (χ0n) is 16.3. The summed E-state index contributed by atoms with van der Waals surface area (Å²) in [6, 6.07) is 5.05. The van der Waals surface area contributed by atoms with Gasteiger partial charge >= 0.3 is 0 Å². The molecule has 0 spiro atoms. The van der Waals surface area contributed by atoms with Gasteiger partial charge in [-0.2, -0.15) is 4.39 Å². The Hall–Kier alpha value is -3.40. The van der Waals surface area contributed by atoms with Gasteiger partial charge in [0.15, 0.2) is 5.13 Å². The van der Waals surface area contributed by atoms with Gasteiger partial charge in [-0.1, -0.05) is 11.6 Å². The Bertz CT molecular complexity index is 1070. The molecule has 10 heteroatoms. The summed E-state index contributed by atoms with van der Waals surface area (Å²) in [6.45, 7) is 1.24. The number of anilines is 3. The lowest BCUT2D eigenvalue weighted by Gasteiger charge is -2.28. The van der Waals surface area contributed by atoms with E-state index in [1.54, 1.807) is 12.3 Å². The maximum absolute atomic E-state index is 14.4. The largest absolute Gasteiger partial charge is 0.364 e. The second kappa shape index (κ2) is 8.95. The van der Waals surface area contributed by atoms with Crippen LogP contribution in [0, 0.1) is 5.95 Å². The van der Waals surface area contributed by atoms with E-state index in [4.69, 9.17) is 0 Å². The van der Waals surface area contributed by atoms with Crippen LogP contribution in [0.15, 0.2) is 47.8 Å². The van der Waals surface area contributed by atoms with Gasteiger partial charge in [0, 0.05) is 49.9 Å². The summed E-state index contributed by atoms with van der Waals surface area (Å²) in [5.74, 6) is -0.339. The van der Waals surface area contributed by atoms with Crippen LogP contribution < -0.4 is 15.5 Å². The number of thiazole rings is 1. The van der Waals surface area contributed by atoms with Crippen LogP contribution in [0.5, 0.6) is 0 Å². The van der Waals surface area contributed by atoms with Crippen molar-refractivity contribution in [2.75, 3.05) is 30.4 Å². The Kier molecular flexibility index (Phi) is 5.94. The number of rotatable bonds is 6. The highest BCUT2D eigenvalue weighted by molar-refractivity contribution is 7.13. The van der Waals surface area contributed by atoms with E-state index >= 15 is 0 Å². The summed E-state index contributed by atoms with van der Waals surface area (Å²) in [5, 5.41) is 8.29. The number of nitrogens with zero attached hydrogens (tertiary/aromatic N) is 5. The summed E-state index contributed by atoms with van der Waals surface area (Å²) in [4.78, 5) is 30.1. The molecule has 0 bridgehead atoms. The lowest BCUT2D eigenvalue weighted by molar-refractivity contribution is 0.0957. The standard InChI is InChI=1S/C20H20FN7OS/c1-22-19(29)15-2-3-16(18(21)26-15)28-7-4-13(5-8-28)10-14-11-17(25-12-24-14)27-20-23-6-9-30-20/h2-4,6,9,11-12H,5,7-8,10H2,1H3,(H,22,29)(H,23,24,25,27). The minimum Gasteiger partial charge on any atom is -0.364 e. The first-order valence-corrected chi connectivity index (χ1v) is 10.3. The summed E-state index contributed by atoms with van der Waals surface area (Å²) in [7, 11) is 1.49. The average molecular weight is 425 g/mol. The molecule has 1 amide bonds. The lowest BCUT2D eigenvalue weighted by atomic mass is 10.0. The summed E-state index contributed by atoms with van der Waals surface area (Å²) >= 11 is 1.50. The van der Waals surface area contributed by atoms with Crippen molar-refractivity contribution >= 4 is 33.9 Å². The van der Waals surface area contributed by atoms with Gasteiger partial charge in [-0.25, -0.2) is 19.9 Å². The number of nitrogens with one attached hydrogen (secondary N) is 2. The van der Waals surface area contributed by atoms with Crippen molar-refractivity contribution in [3.8, 4) is 0 Å². The van der Waals surface area contributed by atoms with Crippen LogP contribution in [0.1, 0.15) is 22.6 Å². The van der Waals surface area contributed by atoms with Crippen LogP contribution >= 0.6 is 11.3 Å². The number of hydrogen-bond acceptors (Lipinski definition) is 8. The number of hydrogen-bond donors (Lipinski definition) is 2. The van der Waals surface area contributed by atoms with Gasteiger partial charge in [0.05, 0.1) is 5.69 Å². The second-order valence-electron chi connectivity index (χ2n) is 6.68. The van der Waals surface area contributed by atoms with Gasteiger partial charge in [-0.3, -0.25) is 4.79 Å². The molecule has 3 aromatic heterocycles. The molecule has 0 saturated heterocycles. The Morgan fingerprint density at radius 1 is 1.30 bits per heavy atom. The third-order valence-electron chi connectivity index (χ3n) is 4.73. The third-order valence-corrected chi connectivity index (χ3v) is 5.42. The Labute approximate surface area is 176 Å². The molecule has 0 aromatic carbocycles. The van der Waals surface area contributed by atoms with Gasteiger partial charge in [0.1, 0.15) is 17.8 Å². The number of aromatic nitrogens is 4. The molecule has 8 nitrogen and oxygen atoms in total. The van der Waals surface area contributed by atoms with Crippen molar-refractivity contribution < 1.29 is 9.18 Å². The smallest absolute Gasteiger partial charge is 0.269 e. The fourth-order valence-corrected chi connectivity index (χ4v) is 3.73. The SMILES string of the molecule is CNC(=O)c1ccc(N2CC=C(Cc3cc(Nc4nccs4)ncn3)CC2)c(F)n1. The van der Waals surface area contributed by atoms with Crippen LogP contribution in [0.2, 0.25) is 0 Å². The molecular formula is C20H20FN7OS. The first-order chi connectivity index (χ1) is 14.6. The van der Waals surface area contributed by atoms with Crippen molar-refractivity contribution in [3.63, 3.8) is 0 Å². The molecule has 4 rings (SSSR count). The van der Waals surface area contributed by atoms with Crippen LogP contribution in [0.25, 0.3) is 0 Å². The van der Waals surface area contributed by atoms with Gasteiger partial charge in [0.25, 0.3) is 5.91 Å². The van der Waals surface area contributed by atoms with E-state index in [0.29, 0.717) is 31.0 Å². The molecule has 0 aliphatic carbocycles. The maximum atomic E-state index is 14.4. The van der Waals surface area contributed by atoms with Gasteiger partial charge < -0.3 is 15.5 Å². The summed E-state index contributed by atoms with van der Waals surface area (Å²) < 4.78 is 14.4. The molecule has 154 valence electrons. The summed E-state index contributed by atoms with van der Waals surface area (Å²) in [5.41, 5.74) is 2.61. The number of carbonyl (C=O) groups excluding carboxylic acids is 1. The molecule has 30 heavy (non-hydrogen) atoms. The first-order valence-electron chi connectivity index (χ1n) is 9.41. The highest BCUT2D eigenvalue weighted by Crippen LogP contribution is 2.24. The topological polar surface area (TPSA) is 95.9 Å². The Morgan fingerprint density at radius 2 is 2.20 bits per heavy atom. The third kappa shape index (κ3) is 4.60. The van der Waals surface area contributed by atoms with Gasteiger partial charge in [0.2, 0.25) is 5.95 Å². The van der Waals surface area contributed by atoms with E-state index < -0.39 is 11.9 Å². The first kappa shape index (κ1) is 19.9. The van der Waals surface area contributed by atoms with Crippen molar-refractivity contribution in [3.05, 3.63) is 65.1 Å². The maximum Gasteiger partial charge on any atom is 0.269 e. The molecule has 0 radical (unpaired) electrons. The number of pyridine rings is 1. The predicted octanol–water partition coefficient (Wildman–Crippen LogP) is 2.95. The van der Waals surface area contributed by atoms with Gasteiger partial charge in [-0.15, -0.1) is 11.3 Å². The van der Waals surface area contributed by atoms with Crippen molar-refractivity contribution in [2.45, 2.75) is 12.8 Å². The van der Waals surface area contributed by atoms with Crippen molar-refractivity contribution in [1.82, 2.24) is 25.3 Å². The van der Waals surface area contributed by atoms with Crippen LogP contribution in [0.3, 0.4) is 0 Å². The molecule has 4 heterocycles. The normalized spacial score (nSPS) is 13.7. The highest BCUT2D eigenvalue weighted by atomic mass is 32.1. The molecule has 2 N–H and O–H groups in total. The van der Waals surface area contributed by atoms with Crippen molar-refractivity contribution in [1.29, 1.82) is 0 Å². The van der Waals surface area contributed by atoms with Crippen LogP contribution in [-0.2, 0) is 6.42 Å². The van der Waals surface area contributed by atoms with Gasteiger partial charge in [-0.05, 0) is 18.6 Å². The van der Waals surface area contributed by atoms with Crippen LogP contribution in [-0.4, -0.2) is 46.0 Å². The molecule has 0 atom stereocenters. The molecule has 0 unspecified atom stereocenters. The minimum absolute atomic E-state index is 0.0675. The van der Waals surface area contributed by atoms with Crippen molar-refractivity contribution in [2.24, 2.45) is 0 Å². The van der Waals surface area contributed by atoms with E-state index in [9.17, 15) is 9.18 Å². The summed E-state index contributed by atoms with van der Waals surface area (Å²) in [6.07, 6.45) is 6.86. The van der Waals surface area contributed by atoms with Crippen LogP contribution in [0.4, 0.5) is 21.0 Å². The Balaban J connectivity index is 1.40. The fraction of sp³-hybridized carbons (Fsp3) is 0.250. The second-order valence-corrected chi connectivity index (χ2v) is 7.57. The quantitative estimate of drug-likeness (QED) is 0.463. The fourth-order valence-electron chi connectivity index (χ4n) is 3.20. The molecular weight excluding hydrogens is 405 g/mol. The number of carbonyl (C=O) groups is 1. The van der Waals surface area contributed by atoms with E-state index in [2.05, 4.69) is 36.6 Å². The highest BCUT2D eigenvalue weighted by Gasteiger charge is 2.18. The minimum atomic E-state index is -0.637. The zero-order valence-corrected chi connectivity index (χ0v) is 17.1. The Morgan fingerprint density at radius 3 is 2.90 bits per heavy atom. The zero-order chi connectivity index (χ0) is 20.9. The van der Waals surface area contributed by atoms with E-state index in [0.717, 1.165) is 17.2 Å². The molecule has 0 saturated carbocycles. The van der Waals surface area contributed by atoms with E-state index in [-0.39, 0.29) is 5.69 Å². The molecule has 1 aliphatic rings. The number of amides is 1. The monoisotopic (exact) mass is 425 g/mol.